The predicted molar refractivity (Wildman–Crippen MR) is 147 cm³/mol. The largest absolute Gasteiger partial charge is 0.387 e. The molecular weight excluding hydrogens is 440 g/mol. The number of rotatable bonds is 11. The molecule has 184 valence electrons. The minimum absolute atomic E-state index is 0.222. The van der Waals surface area contributed by atoms with Gasteiger partial charge in [-0.15, -0.1) is 0 Å². The summed E-state index contributed by atoms with van der Waals surface area (Å²) in [4.78, 5) is 7.37. The van der Waals surface area contributed by atoms with Crippen molar-refractivity contribution in [3.05, 3.63) is 64.2 Å². The first kappa shape index (κ1) is 26.7. The lowest BCUT2D eigenvalue weighted by Crippen LogP contribution is -2.37. The Bertz CT molecular complexity index is 1090. The number of halogens is 1. The van der Waals surface area contributed by atoms with E-state index >= 15 is 0 Å². The molecule has 1 unspecified atom stereocenters. The number of benzene rings is 2. The number of hydrogen-bond donors (Lipinski definition) is 1. The van der Waals surface area contributed by atoms with Crippen molar-refractivity contribution < 1.29 is 5.11 Å². The molecule has 0 spiro atoms. The maximum Gasteiger partial charge on any atom is 0.0924 e. The molecular formula is C30H41ClN2O. The summed E-state index contributed by atoms with van der Waals surface area (Å²) in [5, 5.41) is 13.3. The van der Waals surface area contributed by atoms with Crippen LogP contribution in [0, 0.1) is 19.3 Å². The summed E-state index contributed by atoms with van der Waals surface area (Å²) in [6, 6.07) is 14.5. The van der Waals surface area contributed by atoms with Crippen LogP contribution in [0.2, 0.25) is 5.02 Å². The first-order valence-corrected chi connectivity index (χ1v) is 13.1. The van der Waals surface area contributed by atoms with Crippen molar-refractivity contribution >= 4 is 22.5 Å². The van der Waals surface area contributed by atoms with Crippen molar-refractivity contribution in [3.8, 4) is 11.3 Å². The van der Waals surface area contributed by atoms with Crippen molar-refractivity contribution in [2.75, 3.05) is 19.6 Å². The van der Waals surface area contributed by atoms with Gasteiger partial charge >= 0.3 is 0 Å². The van der Waals surface area contributed by atoms with Gasteiger partial charge in [0.05, 0.1) is 17.3 Å². The van der Waals surface area contributed by atoms with Crippen LogP contribution >= 0.6 is 11.6 Å². The molecule has 34 heavy (non-hydrogen) atoms. The molecule has 1 aromatic heterocycles. The van der Waals surface area contributed by atoms with Crippen LogP contribution in [0.25, 0.3) is 22.2 Å². The zero-order valence-corrected chi connectivity index (χ0v) is 22.5. The molecule has 3 nitrogen and oxygen atoms in total. The second kappa shape index (κ2) is 11.7. The van der Waals surface area contributed by atoms with Crippen LogP contribution in [0.5, 0.6) is 0 Å². The Kier molecular flexibility index (Phi) is 9.14. The summed E-state index contributed by atoms with van der Waals surface area (Å²) in [5.41, 5.74) is 6.10. The number of aliphatic hydroxyl groups excluding tert-OH is 1. The highest BCUT2D eigenvalue weighted by Crippen LogP contribution is 2.33. The average molecular weight is 481 g/mol. The quantitative estimate of drug-likeness (QED) is 0.301. The number of nitrogens with zero attached hydrogens (tertiary/aromatic N) is 2. The molecule has 0 aliphatic heterocycles. The fraction of sp³-hybridized carbons (Fsp3) is 0.500. The second-order valence-corrected chi connectivity index (χ2v) is 11.0. The van der Waals surface area contributed by atoms with E-state index in [1.807, 2.05) is 13.0 Å². The van der Waals surface area contributed by atoms with Gasteiger partial charge in [-0.1, -0.05) is 82.0 Å². The van der Waals surface area contributed by atoms with E-state index in [0.717, 1.165) is 59.2 Å². The summed E-state index contributed by atoms with van der Waals surface area (Å²) in [6.45, 7) is 15.8. The molecule has 0 saturated carbocycles. The van der Waals surface area contributed by atoms with Crippen LogP contribution in [0.15, 0.2) is 42.5 Å². The van der Waals surface area contributed by atoms with Crippen molar-refractivity contribution in [1.29, 1.82) is 0 Å². The normalized spacial score (nSPS) is 13.1. The molecule has 0 amide bonds. The van der Waals surface area contributed by atoms with E-state index < -0.39 is 6.10 Å². The molecule has 0 bridgehead atoms. The summed E-state index contributed by atoms with van der Waals surface area (Å²) in [7, 11) is 0. The highest BCUT2D eigenvalue weighted by atomic mass is 35.5. The fourth-order valence-electron chi connectivity index (χ4n) is 4.85. The summed E-state index contributed by atoms with van der Waals surface area (Å²) >= 11 is 6.47. The lowest BCUT2D eigenvalue weighted by atomic mass is 9.87. The van der Waals surface area contributed by atoms with Gasteiger partial charge in [0.25, 0.3) is 0 Å². The second-order valence-electron chi connectivity index (χ2n) is 10.6. The molecule has 0 fully saturated rings. The van der Waals surface area contributed by atoms with Crippen LogP contribution in [-0.4, -0.2) is 34.6 Å². The maximum atomic E-state index is 11.6. The molecule has 0 saturated heterocycles. The summed E-state index contributed by atoms with van der Waals surface area (Å²) in [6.07, 6.45) is 4.03. The number of aromatic nitrogens is 1. The van der Waals surface area contributed by atoms with Crippen LogP contribution in [0.1, 0.15) is 76.2 Å². The van der Waals surface area contributed by atoms with Crippen molar-refractivity contribution in [2.45, 2.75) is 73.3 Å². The monoisotopic (exact) mass is 480 g/mol. The molecule has 4 heteroatoms. The van der Waals surface area contributed by atoms with Gasteiger partial charge in [-0.3, -0.25) is 4.90 Å². The topological polar surface area (TPSA) is 36.4 Å². The molecule has 0 radical (unpaired) electrons. The SMILES string of the molecule is CCCCN(CC(O)c1cc(-c2ccc(C)cc2)nc2cc(Cl)c(C)cc12)CC(C)(C)CCC. The maximum absolute atomic E-state index is 11.6. The predicted octanol–water partition coefficient (Wildman–Crippen LogP) is 8.13. The van der Waals surface area contributed by atoms with Crippen molar-refractivity contribution in [3.63, 3.8) is 0 Å². The Balaban J connectivity index is 2.02. The van der Waals surface area contributed by atoms with Crippen molar-refractivity contribution in [2.24, 2.45) is 5.41 Å². The minimum atomic E-state index is -0.607. The molecule has 3 rings (SSSR count). The molecule has 1 heterocycles. The number of hydrogen-bond acceptors (Lipinski definition) is 3. The zero-order chi connectivity index (χ0) is 24.9. The smallest absolute Gasteiger partial charge is 0.0924 e. The average Bonchev–Trinajstić information content (AvgIpc) is 2.77. The Morgan fingerprint density at radius 3 is 2.38 bits per heavy atom. The number of unbranched alkanes of at least 4 members (excludes halogenated alkanes) is 1. The third-order valence-corrected chi connectivity index (χ3v) is 7.07. The highest BCUT2D eigenvalue weighted by molar-refractivity contribution is 6.32. The van der Waals surface area contributed by atoms with Gasteiger partial charge < -0.3 is 5.11 Å². The van der Waals surface area contributed by atoms with Gasteiger partial charge in [-0.25, -0.2) is 4.98 Å². The number of pyridine rings is 1. The molecule has 1 atom stereocenters. The lowest BCUT2D eigenvalue weighted by molar-refractivity contribution is 0.0849. The Labute approximate surface area is 211 Å². The molecule has 3 aromatic rings. The van der Waals surface area contributed by atoms with Crippen LogP contribution < -0.4 is 0 Å². The van der Waals surface area contributed by atoms with Crippen LogP contribution in [0.3, 0.4) is 0 Å². The van der Waals surface area contributed by atoms with E-state index in [4.69, 9.17) is 16.6 Å². The van der Waals surface area contributed by atoms with E-state index in [1.54, 1.807) is 0 Å². The van der Waals surface area contributed by atoms with Gasteiger partial charge in [-0.05, 0) is 68.0 Å². The van der Waals surface area contributed by atoms with Crippen LogP contribution in [-0.2, 0) is 0 Å². The van der Waals surface area contributed by atoms with E-state index in [-0.39, 0.29) is 5.41 Å². The van der Waals surface area contributed by atoms with E-state index in [1.165, 1.54) is 18.4 Å². The number of aryl methyl sites for hydroxylation is 2. The standard InChI is InChI=1S/C30H41ClN2O/c1-7-9-15-33(20-30(5,6)14-8-2)19-29(34)25-17-27(23-12-10-21(3)11-13-23)32-28-18-26(31)22(4)16-24(25)28/h10-13,16-18,29,34H,7-9,14-15,19-20H2,1-6H3. The molecule has 1 N–H and O–H groups in total. The zero-order valence-electron chi connectivity index (χ0n) is 21.8. The van der Waals surface area contributed by atoms with E-state index in [2.05, 4.69) is 75.9 Å². The number of fused-ring (bicyclic) bond motifs is 1. The van der Waals surface area contributed by atoms with Crippen molar-refractivity contribution in [1.82, 2.24) is 9.88 Å². The lowest BCUT2D eigenvalue weighted by Gasteiger charge is -2.34. The van der Waals surface area contributed by atoms with E-state index in [0.29, 0.717) is 11.6 Å². The third kappa shape index (κ3) is 6.81. The number of aliphatic hydroxyl groups is 1. The van der Waals surface area contributed by atoms with Crippen LogP contribution in [0.4, 0.5) is 0 Å². The Morgan fingerprint density at radius 1 is 1.03 bits per heavy atom. The first-order valence-electron chi connectivity index (χ1n) is 12.7. The van der Waals surface area contributed by atoms with E-state index in [9.17, 15) is 5.11 Å². The Morgan fingerprint density at radius 2 is 1.74 bits per heavy atom. The third-order valence-electron chi connectivity index (χ3n) is 6.66. The highest BCUT2D eigenvalue weighted by Gasteiger charge is 2.24. The summed E-state index contributed by atoms with van der Waals surface area (Å²) in [5.74, 6) is 0. The fourth-order valence-corrected chi connectivity index (χ4v) is 5.01. The minimum Gasteiger partial charge on any atom is -0.387 e. The Hall–Kier alpha value is -1.94. The van der Waals surface area contributed by atoms with Gasteiger partial charge in [0, 0.05) is 29.1 Å². The van der Waals surface area contributed by atoms with Gasteiger partial charge in [0.15, 0.2) is 0 Å². The molecule has 2 aromatic carbocycles. The first-order chi connectivity index (χ1) is 16.1. The van der Waals surface area contributed by atoms with Gasteiger partial charge in [0.2, 0.25) is 0 Å². The van der Waals surface area contributed by atoms with Gasteiger partial charge in [-0.2, -0.15) is 0 Å². The summed E-state index contributed by atoms with van der Waals surface area (Å²) < 4.78 is 0. The van der Waals surface area contributed by atoms with Gasteiger partial charge in [0.1, 0.15) is 0 Å². The molecule has 0 aliphatic carbocycles. The molecule has 0 aliphatic rings.